The number of nitrogens with zero attached hydrogens (tertiary/aromatic N) is 11. The van der Waals surface area contributed by atoms with Crippen molar-refractivity contribution in [3.63, 3.8) is 0 Å². The van der Waals surface area contributed by atoms with Crippen LogP contribution in [-0.4, -0.2) is 131 Å². The Morgan fingerprint density at radius 3 is 2.41 bits per heavy atom. The molecule has 390 valence electrons. The molecular formula is C55H55N11O10. The molecule has 76 heavy (non-hydrogen) atoms. The number of nitriles is 1. The number of aromatic nitrogens is 4. The van der Waals surface area contributed by atoms with Gasteiger partial charge in [0.2, 0.25) is 12.7 Å². The van der Waals surface area contributed by atoms with E-state index in [2.05, 4.69) is 27.1 Å². The van der Waals surface area contributed by atoms with E-state index in [0.29, 0.717) is 63.8 Å². The lowest BCUT2D eigenvalue weighted by Gasteiger charge is -2.42. The second-order valence-corrected chi connectivity index (χ2v) is 18.5. The van der Waals surface area contributed by atoms with Crippen LogP contribution in [0.15, 0.2) is 108 Å². The van der Waals surface area contributed by atoms with Gasteiger partial charge >= 0.3 is 18.1 Å². The number of phenolic OH excluding ortho intramolecular Hbond substituents is 1. The number of aromatic hydroxyl groups is 1. The van der Waals surface area contributed by atoms with Crippen molar-refractivity contribution in [1.29, 1.82) is 5.26 Å². The molecule has 5 heterocycles. The van der Waals surface area contributed by atoms with Gasteiger partial charge in [-0.25, -0.2) is 24.4 Å². The smallest absolute Gasteiger partial charge is 0.409 e. The zero-order valence-corrected chi connectivity index (χ0v) is 42.8. The van der Waals surface area contributed by atoms with Crippen LogP contribution < -0.4 is 23.8 Å². The summed E-state index contributed by atoms with van der Waals surface area (Å²) in [6, 6.07) is 23.7. The number of aryl methyl sites for hydroxylation is 1. The number of anilines is 1. The molecule has 21 nitrogen and oxygen atoms in total. The molecule has 2 aliphatic heterocycles. The minimum absolute atomic E-state index is 0.0309. The van der Waals surface area contributed by atoms with Gasteiger partial charge in [0.1, 0.15) is 36.5 Å². The zero-order chi connectivity index (χ0) is 53.6. The van der Waals surface area contributed by atoms with Crippen LogP contribution >= 0.6 is 0 Å². The number of benzene rings is 4. The number of methoxy groups -OCH3 is 1. The molecule has 1 saturated heterocycles. The molecule has 3 aromatic heterocycles. The summed E-state index contributed by atoms with van der Waals surface area (Å²) < 4.78 is 29.7. The molecule has 0 saturated carbocycles. The fraction of sp³-hybridized carbons (Fsp3) is 0.309. The van der Waals surface area contributed by atoms with Crippen molar-refractivity contribution < 1.29 is 48.0 Å². The predicted molar refractivity (Wildman–Crippen MR) is 279 cm³/mol. The first-order valence-corrected chi connectivity index (χ1v) is 24.5. The van der Waals surface area contributed by atoms with Crippen LogP contribution in [0.5, 0.6) is 28.7 Å². The van der Waals surface area contributed by atoms with Crippen molar-refractivity contribution in [1.82, 2.24) is 34.2 Å². The quantitative estimate of drug-likeness (QED) is 0.0572. The Morgan fingerprint density at radius 2 is 1.64 bits per heavy atom. The number of phenols is 1. The van der Waals surface area contributed by atoms with E-state index in [1.807, 2.05) is 49.2 Å². The molecule has 4 aromatic carbocycles. The Bertz CT molecular complexity index is 3430. The van der Waals surface area contributed by atoms with E-state index in [4.69, 9.17) is 33.9 Å². The highest BCUT2D eigenvalue weighted by Crippen LogP contribution is 2.42. The van der Waals surface area contributed by atoms with Crippen molar-refractivity contribution in [2.75, 3.05) is 66.1 Å². The van der Waals surface area contributed by atoms with Crippen molar-refractivity contribution in [3.8, 4) is 46.1 Å². The van der Waals surface area contributed by atoms with Gasteiger partial charge in [0.15, 0.2) is 28.6 Å². The van der Waals surface area contributed by atoms with Gasteiger partial charge in [0, 0.05) is 70.7 Å². The predicted octanol–water partition coefficient (Wildman–Crippen LogP) is 9.04. The van der Waals surface area contributed by atoms with Crippen molar-refractivity contribution in [2.45, 2.75) is 45.8 Å². The number of likely N-dealkylation sites (tertiary alicyclic amines) is 1. The highest BCUT2D eigenvalue weighted by Gasteiger charge is 2.33. The Labute approximate surface area is 437 Å². The normalized spacial score (nSPS) is 14.9. The Balaban J connectivity index is 0.775. The molecule has 1 fully saturated rings. The summed E-state index contributed by atoms with van der Waals surface area (Å²) in [4.78, 5) is 73.2. The van der Waals surface area contributed by atoms with Crippen LogP contribution in [0.1, 0.15) is 48.2 Å². The lowest BCUT2D eigenvalue weighted by Crippen LogP contribution is -2.52. The fourth-order valence-electron chi connectivity index (χ4n) is 9.19. The first-order valence-electron chi connectivity index (χ1n) is 24.5. The van der Waals surface area contributed by atoms with Crippen molar-refractivity contribution in [3.05, 3.63) is 114 Å². The molecule has 0 spiro atoms. The van der Waals surface area contributed by atoms with E-state index in [9.17, 15) is 24.3 Å². The molecule has 2 atom stereocenters. The van der Waals surface area contributed by atoms with Gasteiger partial charge in [-0.05, 0) is 95.9 Å². The monoisotopic (exact) mass is 1030 g/mol. The summed E-state index contributed by atoms with van der Waals surface area (Å²) >= 11 is 0. The molecular weight excluding hydrogens is 975 g/mol. The second-order valence-electron chi connectivity index (χ2n) is 18.5. The van der Waals surface area contributed by atoms with E-state index in [-0.39, 0.29) is 85.3 Å². The molecule has 2 aliphatic rings. The average Bonchev–Trinajstić information content (AvgIpc) is 4.10. The average molecular weight is 1030 g/mol. The molecule has 0 radical (unpaired) electrons. The number of rotatable bonds is 15. The van der Waals surface area contributed by atoms with E-state index in [1.54, 1.807) is 67.8 Å². The molecule has 9 rings (SSSR count). The van der Waals surface area contributed by atoms with Crippen LogP contribution in [0.4, 0.5) is 26.8 Å². The van der Waals surface area contributed by atoms with E-state index < -0.39 is 12.1 Å². The van der Waals surface area contributed by atoms with Crippen LogP contribution in [0.25, 0.3) is 33.1 Å². The maximum absolute atomic E-state index is 13.7. The first-order chi connectivity index (χ1) is 36.7. The largest absolute Gasteiger partial charge is 0.507 e. The third-order valence-corrected chi connectivity index (χ3v) is 13.7. The number of azo groups is 1. The summed E-state index contributed by atoms with van der Waals surface area (Å²) in [7, 11) is 6.59. The molecule has 0 unspecified atom stereocenters. The van der Waals surface area contributed by atoms with Gasteiger partial charge in [-0.15, -0.1) is 0 Å². The SMILES string of the molecule is CCc1cc2c(cc1-c1cc3ccc(OC)c(OC(=O)c4cc(N=Nc5ccc(COC(=O)N(C)CCN(C)C(=O)n6ccc7c(N(C)[C@@H]8CN(C(=O)CC#N)CC[C@@H]8C)ncnc76)cc5)ccc4O)c3cn1)OCO2. The third-order valence-electron chi connectivity index (χ3n) is 13.7. The number of ether oxygens (including phenoxy) is 5. The maximum atomic E-state index is 13.7. The summed E-state index contributed by atoms with van der Waals surface area (Å²) in [5.41, 5.74) is 4.32. The van der Waals surface area contributed by atoms with Gasteiger partial charge in [0.25, 0.3) is 0 Å². The molecule has 7 aromatic rings. The molecule has 1 N–H and O–H groups in total. The van der Waals surface area contributed by atoms with Crippen LogP contribution in [0.2, 0.25) is 0 Å². The fourth-order valence-corrected chi connectivity index (χ4v) is 9.19. The standard InChI is InChI=1S/C55H55N11O10/c1-7-35-25-47-48(75-32-74-47)27-40(35)43-24-36-10-15-46(72-6)50(42(36)28-57-43)76-53(69)41-26-38(13-14-45(41)67)61-60-37-11-8-34(9-12-37)30-73-55(71)63(4)23-22-62(3)54(70)66-21-18-39-51(58-31-59-52(39)66)64(5)44-29-65(20-17-33(44)2)49(68)16-19-56/h8-15,18,21,24-28,31,33,44,67H,7,16-17,20,22-23,29-30,32H2,1-6H3/t33-,44+/m0/s1. The number of esters is 1. The topological polar surface area (TPSA) is 240 Å². The Morgan fingerprint density at radius 1 is 0.895 bits per heavy atom. The Hall–Kier alpha value is -9.32. The van der Waals surface area contributed by atoms with Crippen molar-refractivity contribution in [2.24, 2.45) is 16.1 Å². The summed E-state index contributed by atoms with van der Waals surface area (Å²) in [6.45, 7) is 5.72. The number of amides is 3. The zero-order valence-electron chi connectivity index (χ0n) is 42.8. The number of carbonyl (C=O) groups excluding carboxylic acids is 4. The van der Waals surface area contributed by atoms with E-state index >= 15 is 0 Å². The number of piperidine rings is 1. The lowest BCUT2D eigenvalue weighted by atomic mass is 9.92. The van der Waals surface area contributed by atoms with Crippen molar-refractivity contribution >= 4 is 63.0 Å². The van der Waals surface area contributed by atoms with Gasteiger partial charge in [0.05, 0.1) is 41.7 Å². The van der Waals surface area contributed by atoms with Crippen LogP contribution in [0.3, 0.4) is 0 Å². The van der Waals surface area contributed by atoms with E-state index in [0.717, 1.165) is 29.4 Å². The third kappa shape index (κ3) is 10.8. The van der Waals surface area contributed by atoms with Crippen LogP contribution in [-0.2, 0) is 22.6 Å². The maximum Gasteiger partial charge on any atom is 0.409 e. The summed E-state index contributed by atoms with van der Waals surface area (Å²) in [6.07, 6.45) is 5.43. The summed E-state index contributed by atoms with van der Waals surface area (Å²) in [5.74, 6) is 1.24. The molecule has 21 heteroatoms. The minimum Gasteiger partial charge on any atom is -0.507 e. The number of likely N-dealkylation sites (N-methyl/N-ethyl adjacent to an activating group) is 3. The number of pyridine rings is 1. The summed E-state index contributed by atoms with van der Waals surface area (Å²) in [5, 5.41) is 30.3. The molecule has 0 aliphatic carbocycles. The number of hydrogen-bond acceptors (Lipinski definition) is 17. The Kier molecular flexibility index (Phi) is 15.2. The number of hydrogen-bond donors (Lipinski definition) is 1. The van der Waals surface area contributed by atoms with Gasteiger partial charge in [-0.1, -0.05) is 32.0 Å². The minimum atomic E-state index is -0.855. The molecule has 3 amide bonds. The highest BCUT2D eigenvalue weighted by atomic mass is 16.7. The van der Waals surface area contributed by atoms with Gasteiger partial charge in [-0.3, -0.25) is 14.3 Å². The lowest BCUT2D eigenvalue weighted by molar-refractivity contribution is -0.131. The van der Waals surface area contributed by atoms with E-state index in [1.165, 1.54) is 46.0 Å². The van der Waals surface area contributed by atoms with Gasteiger partial charge < -0.3 is 48.4 Å². The van der Waals surface area contributed by atoms with Gasteiger partial charge in [-0.2, -0.15) is 15.5 Å². The van der Waals surface area contributed by atoms with Crippen LogP contribution in [0, 0.1) is 17.2 Å². The second kappa shape index (κ2) is 22.4. The number of fused-ring (bicyclic) bond motifs is 3. The molecule has 0 bridgehead atoms. The first kappa shape index (κ1) is 51.6. The number of carbonyl (C=O) groups is 4. The highest BCUT2D eigenvalue weighted by molar-refractivity contribution is 6.00.